The Balaban J connectivity index is 0. The van der Waals surface area contributed by atoms with Crippen molar-refractivity contribution < 1.29 is 0 Å². The quantitative estimate of drug-likeness (QED) is 0.626. The molecule has 0 aliphatic heterocycles. The fourth-order valence-electron chi connectivity index (χ4n) is 0.950. The van der Waals surface area contributed by atoms with Crippen molar-refractivity contribution in [2.45, 2.75) is 6.42 Å². The molecule has 4 heteroatoms. The molecule has 13 heavy (non-hydrogen) atoms. The van der Waals surface area contributed by atoms with E-state index in [1.165, 1.54) is 5.56 Å². The lowest BCUT2D eigenvalue weighted by molar-refractivity contribution is 0.354. The van der Waals surface area contributed by atoms with E-state index in [4.69, 9.17) is 5.84 Å². The van der Waals surface area contributed by atoms with E-state index in [-0.39, 0.29) is 24.8 Å². The number of likely N-dealkylation sites (N-methyl/N-ethyl adjacent to an activating group) is 1. The Morgan fingerprint density at radius 1 is 1.15 bits per heavy atom. The molecule has 0 radical (unpaired) electrons. The lowest BCUT2D eigenvalue weighted by Gasteiger charge is -2.08. The first kappa shape index (κ1) is 15.2. The van der Waals surface area contributed by atoms with E-state index in [0.29, 0.717) is 0 Å². The van der Waals surface area contributed by atoms with Crippen molar-refractivity contribution in [3.63, 3.8) is 0 Å². The van der Waals surface area contributed by atoms with Crippen LogP contribution in [0.5, 0.6) is 0 Å². The van der Waals surface area contributed by atoms with Crippen LogP contribution in [0.3, 0.4) is 0 Å². The van der Waals surface area contributed by atoms with Gasteiger partial charge < -0.3 is 0 Å². The molecule has 0 bridgehead atoms. The van der Waals surface area contributed by atoms with E-state index in [1.807, 2.05) is 25.2 Å². The third kappa shape index (κ3) is 6.84. The van der Waals surface area contributed by atoms with E-state index in [1.54, 1.807) is 5.01 Å². The van der Waals surface area contributed by atoms with Crippen molar-refractivity contribution in [2.75, 3.05) is 13.6 Å². The molecular formula is C9H16Cl2N2. The topological polar surface area (TPSA) is 29.3 Å². The van der Waals surface area contributed by atoms with Crippen molar-refractivity contribution in [1.82, 2.24) is 5.01 Å². The summed E-state index contributed by atoms with van der Waals surface area (Å²) in [5.41, 5.74) is 1.34. The van der Waals surface area contributed by atoms with Crippen molar-refractivity contribution in [3.05, 3.63) is 35.9 Å². The molecule has 0 spiro atoms. The largest absolute Gasteiger partial charge is 0.269 e. The predicted octanol–water partition coefficient (Wildman–Crippen LogP) is 1.88. The van der Waals surface area contributed by atoms with Gasteiger partial charge in [-0.1, -0.05) is 30.3 Å². The first-order valence-corrected chi connectivity index (χ1v) is 3.79. The summed E-state index contributed by atoms with van der Waals surface area (Å²) >= 11 is 0. The third-order valence-corrected chi connectivity index (χ3v) is 1.60. The Hall–Kier alpha value is -0.280. The zero-order valence-corrected chi connectivity index (χ0v) is 9.28. The number of halogens is 2. The minimum atomic E-state index is 0. The van der Waals surface area contributed by atoms with Crippen molar-refractivity contribution in [1.29, 1.82) is 0 Å². The molecule has 1 rings (SSSR count). The number of hydrogen-bond acceptors (Lipinski definition) is 2. The summed E-state index contributed by atoms with van der Waals surface area (Å²) in [6.45, 7) is 0.907. The molecule has 1 aromatic rings. The van der Waals surface area contributed by atoms with Crippen molar-refractivity contribution >= 4 is 24.8 Å². The fourth-order valence-corrected chi connectivity index (χ4v) is 0.950. The molecule has 0 aromatic heterocycles. The fraction of sp³-hybridized carbons (Fsp3) is 0.333. The van der Waals surface area contributed by atoms with E-state index < -0.39 is 0 Å². The summed E-state index contributed by atoms with van der Waals surface area (Å²) < 4.78 is 0. The maximum absolute atomic E-state index is 5.47. The molecule has 76 valence electrons. The summed E-state index contributed by atoms with van der Waals surface area (Å²) in [6.07, 6.45) is 1.02. The van der Waals surface area contributed by atoms with Crippen LogP contribution in [-0.4, -0.2) is 18.6 Å². The van der Waals surface area contributed by atoms with Gasteiger partial charge in [-0.2, -0.15) is 0 Å². The normalized spacial score (nSPS) is 8.85. The number of hydrazine groups is 1. The SMILES string of the molecule is CN(N)CCc1ccccc1.Cl.Cl. The van der Waals surface area contributed by atoms with Crippen LogP contribution < -0.4 is 5.84 Å². The Morgan fingerprint density at radius 3 is 2.15 bits per heavy atom. The van der Waals surface area contributed by atoms with Crippen molar-refractivity contribution in [3.8, 4) is 0 Å². The summed E-state index contributed by atoms with van der Waals surface area (Å²) in [5.74, 6) is 5.47. The first-order chi connectivity index (χ1) is 5.29. The Kier molecular flexibility index (Phi) is 9.74. The number of benzene rings is 1. The molecule has 1 aromatic carbocycles. The highest BCUT2D eigenvalue weighted by Crippen LogP contribution is 1.98. The van der Waals surface area contributed by atoms with Crippen LogP contribution in [0.1, 0.15) is 5.56 Å². The Labute approximate surface area is 91.9 Å². The maximum atomic E-state index is 5.47. The minimum absolute atomic E-state index is 0. The zero-order valence-electron chi connectivity index (χ0n) is 7.64. The monoisotopic (exact) mass is 222 g/mol. The lowest BCUT2D eigenvalue weighted by atomic mass is 10.1. The van der Waals surface area contributed by atoms with Gasteiger partial charge in [0.1, 0.15) is 0 Å². The van der Waals surface area contributed by atoms with E-state index in [0.717, 1.165) is 13.0 Å². The molecule has 0 aliphatic carbocycles. The maximum Gasteiger partial charge on any atom is 0.0165 e. The molecular weight excluding hydrogens is 207 g/mol. The molecule has 2 N–H and O–H groups in total. The molecule has 0 amide bonds. The van der Waals surface area contributed by atoms with Crippen LogP contribution in [0.15, 0.2) is 30.3 Å². The molecule has 0 fully saturated rings. The summed E-state index contributed by atoms with van der Waals surface area (Å²) in [6, 6.07) is 10.3. The second-order valence-electron chi connectivity index (χ2n) is 2.72. The highest BCUT2D eigenvalue weighted by Gasteiger charge is 1.92. The van der Waals surface area contributed by atoms with Gasteiger partial charge in [0.25, 0.3) is 0 Å². The van der Waals surface area contributed by atoms with Gasteiger partial charge in [0.15, 0.2) is 0 Å². The lowest BCUT2D eigenvalue weighted by Crippen LogP contribution is -2.28. The van der Waals surface area contributed by atoms with Gasteiger partial charge in [-0.15, -0.1) is 24.8 Å². The molecule has 0 aliphatic rings. The molecule has 0 atom stereocenters. The number of hydrogen-bond donors (Lipinski definition) is 1. The van der Waals surface area contributed by atoms with Gasteiger partial charge in [-0.05, 0) is 12.0 Å². The second kappa shape index (κ2) is 8.32. The van der Waals surface area contributed by atoms with Crippen molar-refractivity contribution in [2.24, 2.45) is 5.84 Å². The van der Waals surface area contributed by atoms with Gasteiger partial charge in [-0.3, -0.25) is 5.84 Å². The van der Waals surface area contributed by atoms with E-state index in [2.05, 4.69) is 12.1 Å². The molecule has 0 saturated carbocycles. The molecule has 0 heterocycles. The van der Waals surface area contributed by atoms with Crippen LogP contribution in [0, 0.1) is 0 Å². The van der Waals surface area contributed by atoms with E-state index in [9.17, 15) is 0 Å². The number of nitrogens with zero attached hydrogens (tertiary/aromatic N) is 1. The highest BCUT2D eigenvalue weighted by molar-refractivity contribution is 5.85. The summed E-state index contributed by atoms with van der Waals surface area (Å²) in [4.78, 5) is 0. The smallest absolute Gasteiger partial charge is 0.0165 e. The van der Waals surface area contributed by atoms with Gasteiger partial charge in [-0.25, -0.2) is 5.01 Å². The predicted molar refractivity (Wildman–Crippen MR) is 61.5 cm³/mol. The average Bonchev–Trinajstić information content (AvgIpc) is 2.03. The Morgan fingerprint density at radius 2 is 1.69 bits per heavy atom. The van der Waals surface area contributed by atoms with Crippen LogP contribution >= 0.6 is 24.8 Å². The molecule has 0 saturated heterocycles. The van der Waals surface area contributed by atoms with Crippen LogP contribution in [-0.2, 0) is 6.42 Å². The number of rotatable bonds is 3. The highest BCUT2D eigenvalue weighted by atomic mass is 35.5. The van der Waals surface area contributed by atoms with Gasteiger partial charge in [0.05, 0.1) is 0 Å². The van der Waals surface area contributed by atoms with Gasteiger partial charge >= 0.3 is 0 Å². The van der Waals surface area contributed by atoms with Crippen LogP contribution in [0.4, 0.5) is 0 Å². The summed E-state index contributed by atoms with van der Waals surface area (Å²) in [5, 5.41) is 1.70. The first-order valence-electron chi connectivity index (χ1n) is 3.79. The molecule has 0 unspecified atom stereocenters. The van der Waals surface area contributed by atoms with Crippen LogP contribution in [0.25, 0.3) is 0 Å². The van der Waals surface area contributed by atoms with Crippen LogP contribution in [0.2, 0.25) is 0 Å². The third-order valence-electron chi connectivity index (χ3n) is 1.60. The van der Waals surface area contributed by atoms with E-state index >= 15 is 0 Å². The number of nitrogens with two attached hydrogens (primary N) is 1. The second-order valence-corrected chi connectivity index (χ2v) is 2.72. The van der Waals surface area contributed by atoms with Gasteiger partial charge in [0, 0.05) is 13.6 Å². The average molecular weight is 223 g/mol. The molecule has 2 nitrogen and oxygen atoms in total. The standard InChI is InChI=1S/C9H14N2.2ClH/c1-11(10)8-7-9-5-3-2-4-6-9;;/h2-6H,7-8,10H2,1H3;2*1H. The minimum Gasteiger partial charge on any atom is -0.269 e. The van der Waals surface area contributed by atoms with Gasteiger partial charge in [0.2, 0.25) is 0 Å². The Bertz CT molecular complexity index is 202. The zero-order chi connectivity index (χ0) is 8.10. The summed E-state index contributed by atoms with van der Waals surface area (Å²) in [7, 11) is 1.88.